The zero-order valence-corrected chi connectivity index (χ0v) is 14.3. The monoisotopic (exact) mass is 331 g/mol. The highest BCUT2D eigenvalue weighted by Crippen LogP contribution is 2.20. The molecule has 24 heavy (non-hydrogen) atoms. The van der Waals surface area contributed by atoms with Gasteiger partial charge < -0.3 is 14.7 Å². The zero-order chi connectivity index (χ0) is 16.9. The summed E-state index contributed by atoms with van der Waals surface area (Å²) < 4.78 is 5.82. The number of ether oxygens (including phenoxy) is 1. The molecule has 7 nitrogen and oxygen atoms in total. The van der Waals surface area contributed by atoms with E-state index in [4.69, 9.17) is 4.74 Å². The zero-order valence-electron chi connectivity index (χ0n) is 14.3. The standard InChI is InChI=1S/C17H25N5O2/c1-3-4-5-16-18-9-13(21-16)10-22-6-7-24-15(11-22)14-8-17(23)20-12(2)19-14/h8-9,15H,3-7,10-11H2,1-2H3,(H,18,21)(H,19,20,23). The fourth-order valence-corrected chi connectivity index (χ4v) is 2.99. The lowest BCUT2D eigenvalue weighted by Gasteiger charge is -2.32. The van der Waals surface area contributed by atoms with Gasteiger partial charge in [0.1, 0.15) is 17.8 Å². The lowest BCUT2D eigenvalue weighted by molar-refractivity contribution is -0.0355. The molecule has 0 radical (unpaired) electrons. The van der Waals surface area contributed by atoms with E-state index in [9.17, 15) is 4.79 Å². The van der Waals surface area contributed by atoms with Crippen molar-refractivity contribution in [2.75, 3.05) is 19.7 Å². The summed E-state index contributed by atoms with van der Waals surface area (Å²) in [6, 6.07) is 1.53. The first-order valence-electron chi connectivity index (χ1n) is 8.58. The first-order valence-corrected chi connectivity index (χ1v) is 8.58. The summed E-state index contributed by atoms with van der Waals surface area (Å²) >= 11 is 0. The van der Waals surface area contributed by atoms with Gasteiger partial charge in [0.15, 0.2) is 0 Å². The van der Waals surface area contributed by atoms with E-state index < -0.39 is 0 Å². The highest BCUT2D eigenvalue weighted by atomic mass is 16.5. The number of aryl methyl sites for hydroxylation is 2. The van der Waals surface area contributed by atoms with Crippen LogP contribution in [0, 0.1) is 6.92 Å². The van der Waals surface area contributed by atoms with Crippen LogP contribution in [0.25, 0.3) is 0 Å². The predicted molar refractivity (Wildman–Crippen MR) is 90.8 cm³/mol. The lowest BCUT2D eigenvalue weighted by Crippen LogP contribution is -2.38. The molecule has 3 heterocycles. The summed E-state index contributed by atoms with van der Waals surface area (Å²) in [7, 11) is 0. The molecule has 2 aromatic rings. The van der Waals surface area contributed by atoms with Gasteiger partial charge in [-0.25, -0.2) is 9.97 Å². The third kappa shape index (κ3) is 4.30. The fraction of sp³-hybridized carbons (Fsp3) is 0.588. The summed E-state index contributed by atoms with van der Waals surface area (Å²) in [6.45, 7) is 6.99. The second-order valence-corrected chi connectivity index (χ2v) is 6.31. The van der Waals surface area contributed by atoms with Crippen molar-refractivity contribution in [1.82, 2.24) is 24.8 Å². The minimum absolute atomic E-state index is 0.132. The van der Waals surface area contributed by atoms with Gasteiger partial charge in [-0.1, -0.05) is 13.3 Å². The van der Waals surface area contributed by atoms with Crippen molar-refractivity contribution in [3.63, 3.8) is 0 Å². The van der Waals surface area contributed by atoms with Gasteiger partial charge >= 0.3 is 0 Å². The molecule has 2 aromatic heterocycles. The maximum atomic E-state index is 11.6. The molecule has 2 N–H and O–H groups in total. The molecule has 1 fully saturated rings. The van der Waals surface area contributed by atoms with E-state index in [1.165, 1.54) is 12.5 Å². The Morgan fingerprint density at radius 3 is 3.08 bits per heavy atom. The first-order chi connectivity index (χ1) is 11.6. The molecule has 1 saturated heterocycles. The van der Waals surface area contributed by atoms with Crippen molar-refractivity contribution in [1.29, 1.82) is 0 Å². The number of aromatic amines is 2. The van der Waals surface area contributed by atoms with E-state index in [1.54, 1.807) is 6.92 Å². The third-order valence-electron chi connectivity index (χ3n) is 4.20. The molecule has 0 saturated carbocycles. The predicted octanol–water partition coefficient (Wildman–Crippen LogP) is 1.72. The molecule has 0 amide bonds. The number of morpholine rings is 1. The van der Waals surface area contributed by atoms with E-state index in [0.717, 1.165) is 44.0 Å². The second-order valence-electron chi connectivity index (χ2n) is 6.31. The first kappa shape index (κ1) is 16.9. The molecule has 1 atom stereocenters. The Bertz CT molecular complexity index is 724. The molecular weight excluding hydrogens is 306 g/mol. The Labute approximate surface area is 141 Å². The molecule has 0 aromatic carbocycles. The van der Waals surface area contributed by atoms with Crippen LogP contribution in [0.1, 0.15) is 48.9 Å². The summed E-state index contributed by atoms with van der Waals surface area (Å²) in [5, 5.41) is 0. The number of unbranched alkanes of at least 4 members (excludes halogenated alkanes) is 1. The molecule has 1 aliphatic rings. The van der Waals surface area contributed by atoms with Crippen molar-refractivity contribution in [3.05, 3.63) is 45.7 Å². The van der Waals surface area contributed by atoms with Crippen molar-refractivity contribution < 1.29 is 4.74 Å². The Kier molecular flexibility index (Phi) is 5.42. The third-order valence-corrected chi connectivity index (χ3v) is 4.20. The van der Waals surface area contributed by atoms with Crippen LogP contribution in [0.4, 0.5) is 0 Å². The number of aromatic nitrogens is 4. The van der Waals surface area contributed by atoms with Crippen LogP contribution in [-0.2, 0) is 17.7 Å². The summed E-state index contributed by atoms with van der Waals surface area (Å²) in [6.07, 6.45) is 5.08. The number of imidazole rings is 1. The molecule has 1 unspecified atom stereocenters. The minimum atomic E-state index is -0.165. The topological polar surface area (TPSA) is 86.9 Å². The normalized spacial score (nSPS) is 18.8. The van der Waals surface area contributed by atoms with Crippen LogP contribution in [0.15, 0.2) is 17.1 Å². The molecule has 3 rings (SSSR count). The lowest BCUT2D eigenvalue weighted by atomic mass is 10.2. The smallest absolute Gasteiger partial charge is 0.251 e. The van der Waals surface area contributed by atoms with Crippen molar-refractivity contribution in [2.45, 2.75) is 45.8 Å². The second kappa shape index (κ2) is 7.72. The van der Waals surface area contributed by atoms with Gasteiger partial charge in [-0.2, -0.15) is 0 Å². The molecule has 0 aliphatic carbocycles. The van der Waals surface area contributed by atoms with Crippen LogP contribution in [0.3, 0.4) is 0 Å². The molecule has 0 spiro atoms. The summed E-state index contributed by atoms with van der Waals surface area (Å²) in [5.41, 5.74) is 1.69. The van der Waals surface area contributed by atoms with Crippen LogP contribution < -0.4 is 5.56 Å². The molecular formula is C17H25N5O2. The van der Waals surface area contributed by atoms with Gasteiger partial charge in [-0.3, -0.25) is 9.69 Å². The van der Waals surface area contributed by atoms with Gasteiger partial charge in [0.25, 0.3) is 5.56 Å². The number of rotatable bonds is 6. The van der Waals surface area contributed by atoms with E-state index in [1.807, 2.05) is 6.20 Å². The average molecular weight is 331 g/mol. The molecule has 7 heteroatoms. The van der Waals surface area contributed by atoms with Gasteiger partial charge in [-0.05, 0) is 13.3 Å². The van der Waals surface area contributed by atoms with Gasteiger partial charge in [0.05, 0.1) is 12.3 Å². The van der Waals surface area contributed by atoms with Crippen molar-refractivity contribution in [2.24, 2.45) is 0 Å². The van der Waals surface area contributed by atoms with Crippen LogP contribution in [-0.4, -0.2) is 44.5 Å². The van der Waals surface area contributed by atoms with Gasteiger partial charge in [0, 0.05) is 44.0 Å². The summed E-state index contributed by atoms with van der Waals surface area (Å²) in [5.74, 6) is 1.68. The Hall–Kier alpha value is -1.99. The molecule has 1 aliphatic heterocycles. The number of H-pyrrole nitrogens is 2. The minimum Gasteiger partial charge on any atom is -0.369 e. The Balaban J connectivity index is 1.63. The SMILES string of the molecule is CCCCc1ncc(CN2CCOC(c3cc(=O)[nH]c(C)n3)C2)[nH]1. The van der Waals surface area contributed by atoms with E-state index in [-0.39, 0.29) is 11.7 Å². The fourth-order valence-electron chi connectivity index (χ4n) is 2.99. The highest BCUT2D eigenvalue weighted by molar-refractivity contribution is 5.08. The number of nitrogens with one attached hydrogen (secondary N) is 2. The largest absolute Gasteiger partial charge is 0.369 e. The summed E-state index contributed by atoms with van der Waals surface area (Å²) in [4.78, 5) is 28.9. The molecule has 130 valence electrons. The Morgan fingerprint density at radius 1 is 1.42 bits per heavy atom. The molecule has 0 bridgehead atoms. The number of hydrogen-bond donors (Lipinski definition) is 2. The van der Waals surface area contributed by atoms with Crippen molar-refractivity contribution >= 4 is 0 Å². The van der Waals surface area contributed by atoms with Gasteiger partial charge in [0.2, 0.25) is 0 Å². The van der Waals surface area contributed by atoms with E-state index in [0.29, 0.717) is 18.1 Å². The Morgan fingerprint density at radius 2 is 2.29 bits per heavy atom. The van der Waals surface area contributed by atoms with E-state index >= 15 is 0 Å². The van der Waals surface area contributed by atoms with Crippen LogP contribution in [0.5, 0.6) is 0 Å². The highest BCUT2D eigenvalue weighted by Gasteiger charge is 2.24. The number of hydrogen-bond acceptors (Lipinski definition) is 5. The van der Waals surface area contributed by atoms with Gasteiger partial charge in [-0.15, -0.1) is 0 Å². The van der Waals surface area contributed by atoms with Crippen molar-refractivity contribution in [3.8, 4) is 0 Å². The van der Waals surface area contributed by atoms with Crippen LogP contribution in [0.2, 0.25) is 0 Å². The maximum absolute atomic E-state index is 11.6. The van der Waals surface area contributed by atoms with Crippen LogP contribution >= 0.6 is 0 Å². The quantitative estimate of drug-likeness (QED) is 0.841. The number of nitrogens with zero attached hydrogens (tertiary/aromatic N) is 3. The van der Waals surface area contributed by atoms with E-state index in [2.05, 4.69) is 31.8 Å². The average Bonchev–Trinajstić information content (AvgIpc) is 2.99. The maximum Gasteiger partial charge on any atom is 0.251 e.